The van der Waals surface area contributed by atoms with Crippen molar-refractivity contribution >= 4 is 10.0 Å². The Kier molecular flexibility index (Phi) is 4.60. The monoisotopic (exact) mass is 282 g/mol. The summed E-state index contributed by atoms with van der Waals surface area (Å²) in [7, 11) is -3.43. The molecule has 1 aromatic rings. The van der Waals surface area contributed by atoms with E-state index in [4.69, 9.17) is 5.73 Å². The first-order chi connectivity index (χ1) is 9.05. The molecule has 19 heavy (non-hydrogen) atoms. The zero-order valence-electron chi connectivity index (χ0n) is 11.4. The lowest BCUT2D eigenvalue weighted by atomic mass is 10.1. The number of piperidine rings is 1. The molecule has 0 radical (unpaired) electrons. The fourth-order valence-corrected chi connectivity index (χ4v) is 4.06. The summed E-state index contributed by atoms with van der Waals surface area (Å²) >= 11 is 0. The molecule has 0 amide bonds. The van der Waals surface area contributed by atoms with Gasteiger partial charge < -0.3 is 5.73 Å². The minimum Gasteiger partial charge on any atom is -0.315 e. The molecule has 0 saturated carbocycles. The Hall–Kier alpha value is -0.910. The van der Waals surface area contributed by atoms with Crippen molar-refractivity contribution in [2.24, 2.45) is 5.73 Å². The molecule has 1 aliphatic rings. The Labute approximate surface area is 115 Å². The number of hydrogen-bond acceptors (Lipinski definition) is 3. The van der Waals surface area contributed by atoms with Gasteiger partial charge in [-0.05, 0) is 43.4 Å². The fraction of sp³-hybridized carbons (Fsp3) is 0.571. The summed E-state index contributed by atoms with van der Waals surface area (Å²) in [5, 5.41) is 0. The van der Waals surface area contributed by atoms with Crippen LogP contribution < -0.4 is 5.73 Å². The fourth-order valence-electron chi connectivity index (χ4n) is 2.48. The molecule has 1 aromatic carbocycles. The van der Waals surface area contributed by atoms with Crippen LogP contribution in [0.2, 0.25) is 0 Å². The molecule has 5 heteroatoms. The summed E-state index contributed by atoms with van der Waals surface area (Å²) in [6, 6.07) is 7.18. The van der Waals surface area contributed by atoms with Crippen LogP contribution in [-0.4, -0.2) is 25.4 Å². The van der Waals surface area contributed by atoms with E-state index in [0.717, 1.165) is 32.1 Å². The van der Waals surface area contributed by atoms with Gasteiger partial charge in [0, 0.05) is 6.54 Å². The molecule has 2 rings (SSSR count). The number of benzene rings is 1. The van der Waals surface area contributed by atoms with E-state index in [2.05, 4.69) is 6.92 Å². The Balaban J connectivity index is 2.23. The largest absolute Gasteiger partial charge is 0.315 e. The van der Waals surface area contributed by atoms with Crippen LogP contribution in [0.25, 0.3) is 0 Å². The molecule has 2 N–H and O–H groups in total. The second-order valence-corrected chi connectivity index (χ2v) is 6.96. The van der Waals surface area contributed by atoms with Crippen molar-refractivity contribution in [2.75, 3.05) is 6.54 Å². The molecule has 1 atom stereocenters. The molecule has 0 aromatic heterocycles. The van der Waals surface area contributed by atoms with Crippen LogP contribution in [0.4, 0.5) is 0 Å². The maximum Gasteiger partial charge on any atom is 0.244 e. The molecule has 106 valence electrons. The van der Waals surface area contributed by atoms with E-state index in [9.17, 15) is 8.42 Å². The average molecular weight is 282 g/mol. The zero-order valence-corrected chi connectivity index (χ0v) is 12.2. The van der Waals surface area contributed by atoms with Gasteiger partial charge in [0.15, 0.2) is 0 Å². The van der Waals surface area contributed by atoms with Crippen LogP contribution in [0.1, 0.15) is 38.2 Å². The second-order valence-electron chi connectivity index (χ2n) is 5.07. The Bertz CT molecular complexity index is 511. The predicted molar refractivity (Wildman–Crippen MR) is 76.2 cm³/mol. The summed E-state index contributed by atoms with van der Waals surface area (Å²) in [4.78, 5) is 0.352. The normalized spacial score (nSPS) is 21.5. The third kappa shape index (κ3) is 3.16. The van der Waals surface area contributed by atoms with Gasteiger partial charge in [0.1, 0.15) is 0 Å². The van der Waals surface area contributed by atoms with Crippen molar-refractivity contribution < 1.29 is 8.42 Å². The van der Waals surface area contributed by atoms with Crippen LogP contribution in [0.15, 0.2) is 29.2 Å². The number of aryl methyl sites for hydroxylation is 1. The Morgan fingerprint density at radius 1 is 1.26 bits per heavy atom. The van der Waals surface area contributed by atoms with Crippen LogP contribution in [0, 0.1) is 0 Å². The van der Waals surface area contributed by atoms with Gasteiger partial charge in [-0.15, -0.1) is 0 Å². The summed E-state index contributed by atoms with van der Waals surface area (Å²) in [6.07, 6.45) is 4.29. The number of hydrogen-bond donors (Lipinski definition) is 1. The van der Waals surface area contributed by atoms with E-state index in [1.54, 1.807) is 12.1 Å². The molecule has 1 unspecified atom stereocenters. The standard InChI is InChI=1S/C14H22N2O2S/c1-2-5-12-7-9-13(10-8-12)19(17,18)16-11-4-3-6-14(16)15/h7-10,14H,2-6,11,15H2,1H3. The van der Waals surface area contributed by atoms with Gasteiger partial charge in [-0.2, -0.15) is 4.31 Å². The van der Waals surface area contributed by atoms with Gasteiger partial charge in [-0.3, -0.25) is 0 Å². The quantitative estimate of drug-likeness (QED) is 0.920. The second kappa shape index (κ2) is 6.03. The van der Waals surface area contributed by atoms with E-state index in [1.807, 2.05) is 12.1 Å². The first-order valence-electron chi connectivity index (χ1n) is 6.92. The molecular formula is C14H22N2O2S. The Morgan fingerprint density at radius 2 is 1.95 bits per heavy atom. The predicted octanol–water partition coefficient (Wildman–Crippen LogP) is 2.10. The summed E-state index contributed by atoms with van der Waals surface area (Å²) in [5.74, 6) is 0. The highest BCUT2D eigenvalue weighted by atomic mass is 32.2. The number of rotatable bonds is 4. The molecule has 0 spiro atoms. The molecule has 0 bridgehead atoms. The zero-order chi connectivity index (χ0) is 13.9. The van der Waals surface area contributed by atoms with Crippen LogP contribution in [0.5, 0.6) is 0 Å². The smallest absolute Gasteiger partial charge is 0.244 e. The highest BCUT2D eigenvalue weighted by Crippen LogP contribution is 2.23. The van der Waals surface area contributed by atoms with Gasteiger partial charge >= 0.3 is 0 Å². The first kappa shape index (κ1) is 14.5. The highest BCUT2D eigenvalue weighted by molar-refractivity contribution is 7.89. The summed E-state index contributed by atoms with van der Waals surface area (Å²) < 4.78 is 26.5. The van der Waals surface area contributed by atoms with E-state index >= 15 is 0 Å². The van der Waals surface area contributed by atoms with Crippen LogP contribution in [0.3, 0.4) is 0 Å². The van der Waals surface area contributed by atoms with Gasteiger partial charge in [0.05, 0.1) is 11.1 Å². The number of sulfonamides is 1. The maximum absolute atomic E-state index is 12.5. The van der Waals surface area contributed by atoms with Crippen molar-refractivity contribution in [1.29, 1.82) is 0 Å². The van der Waals surface area contributed by atoms with Crippen molar-refractivity contribution in [3.05, 3.63) is 29.8 Å². The SMILES string of the molecule is CCCc1ccc(S(=O)(=O)N2CCCCC2N)cc1. The van der Waals surface area contributed by atoms with E-state index in [1.165, 1.54) is 9.87 Å². The molecule has 1 heterocycles. The van der Waals surface area contributed by atoms with Crippen molar-refractivity contribution in [2.45, 2.75) is 50.1 Å². The van der Waals surface area contributed by atoms with Crippen LogP contribution >= 0.6 is 0 Å². The van der Waals surface area contributed by atoms with Gasteiger partial charge in [0.2, 0.25) is 10.0 Å². The number of nitrogens with zero attached hydrogens (tertiary/aromatic N) is 1. The first-order valence-corrected chi connectivity index (χ1v) is 8.36. The summed E-state index contributed by atoms with van der Waals surface area (Å²) in [6.45, 7) is 2.64. The third-order valence-electron chi connectivity index (χ3n) is 3.57. The lowest BCUT2D eigenvalue weighted by Gasteiger charge is -2.31. The molecule has 1 fully saturated rings. The molecule has 4 nitrogen and oxygen atoms in total. The molecular weight excluding hydrogens is 260 g/mol. The van der Waals surface area contributed by atoms with E-state index in [-0.39, 0.29) is 6.17 Å². The highest BCUT2D eigenvalue weighted by Gasteiger charge is 2.31. The van der Waals surface area contributed by atoms with E-state index < -0.39 is 10.0 Å². The minimum atomic E-state index is -3.43. The summed E-state index contributed by atoms with van der Waals surface area (Å²) in [5.41, 5.74) is 7.10. The van der Waals surface area contributed by atoms with Gasteiger partial charge in [-0.1, -0.05) is 25.5 Å². The lowest BCUT2D eigenvalue weighted by Crippen LogP contribution is -2.48. The Morgan fingerprint density at radius 3 is 2.53 bits per heavy atom. The molecule has 0 aliphatic carbocycles. The molecule has 1 aliphatic heterocycles. The van der Waals surface area contributed by atoms with Crippen LogP contribution in [-0.2, 0) is 16.4 Å². The van der Waals surface area contributed by atoms with Crippen molar-refractivity contribution in [3.8, 4) is 0 Å². The van der Waals surface area contributed by atoms with Gasteiger partial charge in [0.25, 0.3) is 0 Å². The minimum absolute atomic E-state index is 0.352. The molecule has 1 saturated heterocycles. The van der Waals surface area contributed by atoms with Crippen molar-refractivity contribution in [1.82, 2.24) is 4.31 Å². The number of nitrogens with two attached hydrogens (primary N) is 1. The van der Waals surface area contributed by atoms with Crippen molar-refractivity contribution in [3.63, 3.8) is 0 Å². The topological polar surface area (TPSA) is 63.4 Å². The van der Waals surface area contributed by atoms with Gasteiger partial charge in [-0.25, -0.2) is 8.42 Å². The lowest BCUT2D eigenvalue weighted by molar-refractivity contribution is 0.258. The third-order valence-corrected chi connectivity index (χ3v) is 5.51. The average Bonchev–Trinajstić information content (AvgIpc) is 2.40. The maximum atomic E-state index is 12.5. The van der Waals surface area contributed by atoms with E-state index in [0.29, 0.717) is 11.4 Å².